The Morgan fingerprint density at radius 1 is 0.282 bits per heavy atom. The van der Waals surface area contributed by atoms with Gasteiger partial charge >= 0.3 is 0 Å². The van der Waals surface area contributed by atoms with Gasteiger partial charge in [-0.2, -0.15) is 0 Å². The number of nitrogens with zero attached hydrogens (tertiary/aromatic N) is 2. The lowest BCUT2D eigenvalue weighted by atomic mass is 9.82. The maximum absolute atomic E-state index is 8.42. The van der Waals surface area contributed by atoms with Crippen LogP contribution in [0.3, 0.4) is 0 Å². The minimum absolute atomic E-state index is 0.843. The number of hydrogen-bond acceptors (Lipinski definition) is 3. The van der Waals surface area contributed by atoms with Crippen molar-refractivity contribution in [2.24, 2.45) is 0 Å². The molecule has 4 heteroatoms. The molecule has 0 unspecified atom stereocenters. The molecule has 11 aromatic carbocycles. The molecule has 1 heterocycles. The van der Waals surface area contributed by atoms with Crippen LogP contribution < -0.4 is 9.80 Å². The molecule has 71 heavy (non-hydrogen) atoms. The average molecular weight is 932 g/mol. The molecule has 3 nitrogen and oxygen atoms in total. The summed E-state index contributed by atoms with van der Waals surface area (Å²) in [5.41, 5.74) is 17.1. The van der Waals surface area contributed by atoms with Gasteiger partial charge in [-0.15, -0.1) is 11.6 Å². The van der Waals surface area contributed by atoms with Crippen LogP contribution in [-0.2, 0) is 4.87 Å². The van der Waals surface area contributed by atoms with Gasteiger partial charge in [0.25, 0.3) is 0 Å². The standard InChI is InChI=1S/C67H47ClN2O/c68-67(52-27-11-3-12-28-52,53-29-13-4-14-30-53)54-43-51(50-41-42-65-63(45-50)62-37-19-20-40-64(62)71-65)44-59(46-54)70(66-60(48-23-7-1-8-24-48)38-22-39-61(66)49-25-9-2-10-26-49)58-36-21-35-57(47-58)69(55-31-15-5-16-32-55)56-33-17-6-18-34-56/h1-47H. The molecule has 0 saturated heterocycles. The number of furan rings is 1. The highest BCUT2D eigenvalue weighted by molar-refractivity contribution is 6.28. The summed E-state index contributed by atoms with van der Waals surface area (Å²) in [5, 5.41) is 2.13. The summed E-state index contributed by atoms with van der Waals surface area (Å²) in [6, 6.07) is 101. The van der Waals surface area contributed by atoms with E-state index < -0.39 is 4.87 Å². The van der Waals surface area contributed by atoms with Crippen molar-refractivity contribution in [3.63, 3.8) is 0 Å². The second-order valence-corrected chi connectivity index (χ2v) is 18.3. The van der Waals surface area contributed by atoms with E-state index in [9.17, 15) is 0 Å². The molecule has 0 N–H and O–H groups in total. The Bertz CT molecular complexity index is 3630. The van der Waals surface area contributed by atoms with Gasteiger partial charge < -0.3 is 14.2 Å². The first-order chi connectivity index (χ1) is 35.1. The summed E-state index contributed by atoms with van der Waals surface area (Å²) in [7, 11) is 0. The molecule has 0 spiro atoms. The van der Waals surface area contributed by atoms with Crippen LogP contribution >= 0.6 is 11.6 Å². The van der Waals surface area contributed by atoms with Crippen LogP contribution in [0.5, 0.6) is 0 Å². The molecule has 12 rings (SSSR count). The lowest BCUT2D eigenvalue weighted by Gasteiger charge is -2.34. The number of hydrogen-bond donors (Lipinski definition) is 0. The van der Waals surface area contributed by atoms with Crippen molar-refractivity contribution < 1.29 is 4.42 Å². The molecular weight excluding hydrogens is 884 g/mol. The van der Waals surface area contributed by atoms with Crippen LogP contribution in [0, 0.1) is 0 Å². The SMILES string of the molecule is ClC(c1ccccc1)(c1ccccc1)c1cc(-c2ccc3oc4ccccc4c3c2)cc(N(c2cccc(N(c3ccccc3)c3ccccc3)c2)c2c(-c3ccccc3)cccc2-c2ccccc2)c1. The van der Waals surface area contributed by atoms with E-state index in [1.54, 1.807) is 0 Å². The molecule has 0 aliphatic heterocycles. The van der Waals surface area contributed by atoms with E-state index in [0.717, 1.165) is 106 Å². The zero-order chi connectivity index (χ0) is 47.6. The van der Waals surface area contributed by atoms with Crippen LogP contribution in [0.4, 0.5) is 34.1 Å². The van der Waals surface area contributed by atoms with Gasteiger partial charge in [-0.05, 0) is 118 Å². The van der Waals surface area contributed by atoms with Gasteiger partial charge in [0, 0.05) is 50.3 Å². The first-order valence-corrected chi connectivity index (χ1v) is 24.4. The van der Waals surface area contributed by atoms with Crippen molar-refractivity contribution in [3.8, 4) is 33.4 Å². The van der Waals surface area contributed by atoms with Crippen LogP contribution in [-0.4, -0.2) is 0 Å². The minimum atomic E-state index is -1.09. The number of rotatable bonds is 12. The zero-order valence-corrected chi connectivity index (χ0v) is 39.6. The molecule has 0 atom stereocenters. The van der Waals surface area contributed by atoms with Crippen LogP contribution in [0.25, 0.3) is 55.3 Å². The lowest BCUT2D eigenvalue weighted by molar-refractivity contribution is 0.669. The minimum Gasteiger partial charge on any atom is -0.456 e. The molecule has 0 aliphatic carbocycles. The summed E-state index contributed by atoms with van der Waals surface area (Å²) < 4.78 is 6.39. The first-order valence-electron chi connectivity index (χ1n) is 24.0. The van der Waals surface area contributed by atoms with E-state index in [-0.39, 0.29) is 0 Å². The maximum atomic E-state index is 8.42. The Morgan fingerprint density at radius 3 is 1.32 bits per heavy atom. The molecule has 0 amide bonds. The van der Waals surface area contributed by atoms with E-state index in [2.05, 4.69) is 271 Å². The third-order valence-electron chi connectivity index (χ3n) is 13.4. The molecule has 12 aromatic rings. The summed E-state index contributed by atoms with van der Waals surface area (Å²) in [4.78, 5) is 3.68. The smallest absolute Gasteiger partial charge is 0.135 e. The number of para-hydroxylation sites is 4. The number of halogens is 1. The zero-order valence-electron chi connectivity index (χ0n) is 38.8. The first kappa shape index (κ1) is 43.4. The van der Waals surface area contributed by atoms with E-state index in [0.29, 0.717) is 0 Å². The summed E-state index contributed by atoms with van der Waals surface area (Å²) in [6.45, 7) is 0. The predicted octanol–water partition coefficient (Wildman–Crippen LogP) is 19.1. The fourth-order valence-electron chi connectivity index (χ4n) is 10.1. The molecule has 0 radical (unpaired) electrons. The third kappa shape index (κ3) is 8.23. The van der Waals surface area contributed by atoms with E-state index in [1.165, 1.54) is 0 Å². The van der Waals surface area contributed by atoms with Gasteiger partial charge in [-0.3, -0.25) is 0 Å². The van der Waals surface area contributed by atoms with Gasteiger partial charge in [-0.1, -0.05) is 206 Å². The highest BCUT2D eigenvalue weighted by Crippen LogP contribution is 2.52. The molecule has 0 fully saturated rings. The summed E-state index contributed by atoms with van der Waals surface area (Å²) in [6.07, 6.45) is 0. The second kappa shape index (κ2) is 18.9. The normalized spacial score (nSPS) is 11.5. The van der Waals surface area contributed by atoms with Gasteiger partial charge in [0.2, 0.25) is 0 Å². The lowest BCUT2D eigenvalue weighted by Crippen LogP contribution is -2.23. The van der Waals surface area contributed by atoms with Crippen molar-refractivity contribution in [3.05, 3.63) is 302 Å². The Hall–Kier alpha value is -8.89. The Labute approximate surface area is 419 Å². The molecule has 0 bridgehead atoms. The Balaban J connectivity index is 1.19. The Kier molecular flexibility index (Phi) is 11.5. The number of anilines is 6. The van der Waals surface area contributed by atoms with Gasteiger partial charge in [0.05, 0.1) is 5.69 Å². The van der Waals surface area contributed by atoms with Gasteiger partial charge in [0.15, 0.2) is 0 Å². The molecule has 0 saturated carbocycles. The van der Waals surface area contributed by atoms with Crippen molar-refractivity contribution in [1.82, 2.24) is 0 Å². The Morgan fingerprint density at radius 2 is 0.746 bits per heavy atom. The fraction of sp³-hybridized carbons (Fsp3) is 0.0149. The molecular formula is C67H47ClN2O. The number of benzene rings is 11. The van der Waals surface area contributed by atoms with E-state index in [1.807, 2.05) is 24.3 Å². The molecule has 0 aliphatic rings. The highest BCUT2D eigenvalue weighted by Gasteiger charge is 2.36. The maximum Gasteiger partial charge on any atom is 0.135 e. The van der Waals surface area contributed by atoms with Crippen molar-refractivity contribution in [2.75, 3.05) is 9.80 Å². The predicted molar refractivity (Wildman–Crippen MR) is 298 cm³/mol. The topological polar surface area (TPSA) is 19.6 Å². The largest absolute Gasteiger partial charge is 0.456 e. The molecule has 338 valence electrons. The highest BCUT2D eigenvalue weighted by atomic mass is 35.5. The summed E-state index contributed by atoms with van der Waals surface area (Å²) in [5.74, 6) is 0. The van der Waals surface area contributed by atoms with Crippen LogP contribution in [0.2, 0.25) is 0 Å². The van der Waals surface area contributed by atoms with Gasteiger partial charge in [-0.25, -0.2) is 0 Å². The van der Waals surface area contributed by atoms with Crippen molar-refractivity contribution in [1.29, 1.82) is 0 Å². The van der Waals surface area contributed by atoms with Crippen LogP contribution in [0.1, 0.15) is 16.7 Å². The van der Waals surface area contributed by atoms with Crippen molar-refractivity contribution in [2.45, 2.75) is 4.87 Å². The molecule has 1 aromatic heterocycles. The monoisotopic (exact) mass is 930 g/mol. The van der Waals surface area contributed by atoms with Crippen molar-refractivity contribution >= 4 is 67.7 Å². The fourth-order valence-corrected chi connectivity index (χ4v) is 10.5. The number of alkyl halides is 1. The van der Waals surface area contributed by atoms with Crippen LogP contribution in [0.15, 0.2) is 290 Å². The van der Waals surface area contributed by atoms with E-state index in [4.69, 9.17) is 16.0 Å². The van der Waals surface area contributed by atoms with Gasteiger partial charge in [0.1, 0.15) is 16.0 Å². The second-order valence-electron chi connectivity index (χ2n) is 17.8. The van der Waals surface area contributed by atoms with E-state index >= 15 is 0 Å². The third-order valence-corrected chi connectivity index (χ3v) is 14.1. The summed E-state index contributed by atoms with van der Waals surface area (Å²) >= 11 is 8.42. The number of fused-ring (bicyclic) bond motifs is 3. The quantitative estimate of drug-likeness (QED) is 0.0899. The average Bonchev–Trinajstić information content (AvgIpc) is 3.83.